The van der Waals surface area contributed by atoms with E-state index >= 15 is 0 Å². The molecule has 6 heteroatoms. The lowest BCUT2D eigenvalue weighted by Gasteiger charge is -2.35. The van der Waals surface area contributed by atoms with Crippen molar-refractivity contribution in [3.05, 3.63) is 41.5 Å². The van der Waals surface area contributed by atoms with Crippen molar-refractivity contribution >= 4 is 0 Å². The molecule has 24 heavy (non-hydrogen) atoms. The van der Waals surface area contributed by atoms with Crippen molar-refractivity contribution in [1.29, 1.82) is 0 Å². The molecule has 0 spiro atoms. The first-order valence-electron chi connectivity index (χ1n) is 8.58. The number of hydrogen-bond donors (Lipinski definition) is 2. The Morgan fingerprint density at radius 1 is 1.17 bits per heavy atom. The molecule has 0 saturated heterocycles. The summed E-state index contributed by atoms with van der Waals surface area (Å²) in [6.45, 7) is 3.42. The van der Waals surface area contributed by atoms with Gasteiger partial charge in [-0.25, -0.2) is 0 Å². The quantitative estimate of drug-likeness (QED) is 0.878. The number of aryl methyl sites for hydroxylation is 1. The molecule has 1 aliphatic rings. The van der Waals surface area contributed by atoms with Crippen LogP contribution in [-0.2, 0) is 20.1 Å². The summed E-state index contributed by atoms with van der Waals surface area (Å²) in [4.78, 5) is 2.39. The van der Waals surface area contributed by atoms with E-state index in [1.54, 1.807) is 6.07 Å². The lowest BCUT2D eigenvalue weighted by Crippen LogP contribution is -2.38. The SMILES string of the molecule is Cc1nnc(CN(Cc2cccc(O)c2)C2CCC(O)CC2)n1C. The number of benzene rings is 1. The summed E-state index contributed by atoms with van der Waals surface area (Å²) in [7, 11) is 1.99. The second-order valence-electron chi connectivity index (χ2n) is 6.76. The number of rotatable bonds is 5. The van der Waals surface area contributed by atoms with Crippen LogP contribution in [0.4, 0.5) is 0 Å². The molecular formula is C18H26N4O2. The molecule has 0 amide bonds. The lowest BCUT2D eigenvalue weighted by molar-refractivity contribution is 0.0648. The predicted octanol–water partition coefficient (Wildman–Crippen LogP) is 2.13. The van der Waals surface area contributed by atoms with Crippen molar-refractivity contribution in [2.75, 3.05) is 0 Å². The number of nitrogens with zero attached hydrogens (tertiary/aromatic N) is 4. The molecule has 0 unspecified atom stereocenters. The highest BCUT2D eigenvalue weighted by Crippen LogP contribution is 2.26. The zero-order valence-corrected chi connectivity index (χ0v) is 14.4. The van der Waals surface area contributed by atoms with E-state index in [-0.39, 0.29) is 6.10 Å². The van der Waals surface area contributed by atoms with Crippen LogP contribution >= 0.6 is 0 Å². The highest BCUT2D eigenvalue weighted by atomic mass is 16.3. The number of phenolic OH excluding ortho intramolecular Hbond substituents is 1. The number of hydrogen-bond acceptors (Lipinski definition) is 5. The van der Waals surface area contributed by atoms with E-state index in [2.05, 4.69) is 15.1 Å². The Morgan fingerprint density at radius 3 is 2.54 bits per heavy atom. The van der Waals surface area contributed by atoms with E-state index in [4.69, 9.17) is 0 Å². The van der Waals surface area contributed by atoms with Crippen LogP contribution in [0.2, 0.25) is 0 Å². The van der Waals surface area contributed by atoms with Gasteiger partial charge in [-0.3, -0.25) is 4.90 Å². The van der Waals surface area contributed by atoms with E-state index in [1.807, 2.05) is 36.7 Å². The Bertz CT molecular complexity index is 677. The van der Waals surface area contributed by atoms with Crippen LogP contribution in [0.5, 0.6) is 5.75 Å². The van der Waals surface area contributed by atoms with Crippen LogP contribution in [0, 0.1) is 6.92 Å². The highest BCUT2D eigenvalue weighted by Gasteiger charge is 2.26. The largest absolute Gasteiger partial charge is 0.508 e. The molecule has 1 aromatic carbocycles. The molecule has 0 radical (unpaired) electrons. The van der Waals surface area contributed by atoms with Crippen LogP contribution in [0.1, 0.15) is 42.9 Å². The van der Waals surface area contributed by atoms with Crippen molar-refractivity contribution < 1.29 is 10.2 Å². The molecule has 1 heterocycles. The fraction of sp³-hybridized carbons (Fsp3) is 0.556. The third kappa shape index (κ3) is 3.94. The minimum atomic E-state index is -0.166. The molecule has 1 aromatic heterocycles. The van der Waals surface area contributed by atoms with E-state index in [1.165, 1.54) is 0 Å². The van der Waals surface area contributed by atoms with Gasteiger partial charge in [-0.2, -0.15) is 0 Å². The molecule has 2 aromatic rings. The fourth-order valence-electron chi connectivity index (χ4n) is 3.40. The van der Waals surface area contributed by atoms with Gasteiger partial charge in [-0.05, 0) is 50.3 Å². The first-order chi connectivity index (χ1) is 11.5. The first kappa shape index (κ1) is 16.9. The summed E-state index contributed by atoms with van der Waals surface area (Å²) in [5.74, 6) is 2.14. The summed E-state index contributed by atoms with van der Waals surface area (Å²) in [6, 6.07) is 7.82. The molecule has 0 atom stereocenters. The Hall–Kier alpha value is -1.92. The Morgan fingerprint density at radius 2 is 1.92 bits per heavy atom. The molecule has 1 aliphatic carbocycles. The van der Waals surface area contributed by atoms with Crippen molar-refractivity contribution in [1.82, 2.24) is 19.7 Å². The topological polar surface area (TPSA) is 74.4 Å². The van der Waals surface area contributed by atoms with Gasteiger partial charge in [-0.15, -0.1) is 10.2 Å². The zero-order chi connectivity index (χ0) is 17.1. The van der Waals surface area contributed by atoms with E-state index < -0.39 is 0 Å². The van der Waals surface area contributed by atoms with Gasteiger partial charge in [0.05, 0.1) is 12.6 Å². The van der Waals surface area contributed by atoms with Crippen LogP contribution in [-0.4, -0.2) is 42.0 Å². The molecule has 3 rings (SSSR count). The Labute approximate surface area is 142 Å². The van der Waals surface area contributed by atoms with Gasteiger partial charge in [0.15, 0.2) is 0 Å². The monoisotopic (exact) mass is 330 g/mol. The second-order valence-corrected chi connectivity index (χ2v) is 6.76. The van der Waals surface area contributed by atoms with Crippen LogP contribution in [0.25, 0.3) is 0 Å². The van der Waals surface area contributed by atoms with Gasteiger partial charge in [0.2, 0.25) is 0 Å². The lowest BCUT2D eigenvalue weighted by atomic mass is 9.91. The van der Waals surface area contributed by atoms with Crippen LogP contribution in [0.15, 0.2) is 24.3 Å². The van der Waals surface area contributed by atoms with Crippen LogP contribution in [0.3, 0.4) is 0 Å². The molecule has 130 valence electrons. The van der Waals surface area contributed by atoms with E-state index in [9.17, 15) is 10.2 Å². The van der Waals surface area contributed by atoms with E-state index in [0.29, 0.717) is 18.3 Å². The van der Waals surface area contributed by atoms with E-state index in [0.717, 1.165) is 49.4 Å². The smallest absolute Gasteiger partial charge is 0.146 e. The van der Waals surface area contributed by atoms with Gasteiger partial charge in [-0.1, -0.05) is 12.1 Å². The third-order valence-corrected chi connectivity index (χ3v) is 5.01. The summed E-state index contributed by atoms with van der Waals surface area (Å²) in [5.41, 5.74) is 1.08. The average Bonchev–Trinajstić information content (AvgIpc) is 2.87. The molecule has 1 saturated carbocycles. The maximum Gasteiger partial charge on any atom is 0.146 e. The minimum absolute atomic E-state index is 0.166. The standard InChI is InChI=1S/C18H26N4O2/c1-13-19-20-18(21(13)2)12-22(15-6-8-16(23)9-7-15)11-14-4-3-5-17(24)10-14/h3-5,10,15-16,23-24H,6-9,11-12H2,1-2H3. The first-order valence-corrected chi connectivity index (χ1v) is 8.58. The molecule has 2 N–H and O–H groups in total. The summed E-state index contributed by atoms with van der Waals surface area (Å²) >= 11 is 0. The number of aliphatic hydroxyl groups excluding tert-OH is 1. The molecule has 1 fully saturated rings. The molecule has 0 aliphatic heterocycles. The maximum absolute atomic E-state index is 9.79. The highest BCUT2D eigenvalue weighted by molar-refractivity contribution is 5.27. The van der Waals surface area contributed by atoms with Crippen molar-refractivity contribution in [2.45, 2.75) is 57.8 Å². The van der Waals surface area contributed by atoms with Crippen molar-refractivity contribution in [2.24, 2.45) is 7.05 Å². The number of aromatic nitrogens is 3. The van der Waals surface area contributed by atoms with Gasteiger partial charge < -0.3 is 14.8 Å². The fourth-order valence-corrected chi connectivity index (χ4v) is 3.40. The second kappa shape index (κ2) is 7.32. The van der Waals surface area contributed by atoms with Gasteiger partial charge in [0, 0.05) is 19.6 Å². The molecule has 6 nitrogen and oxygen atoms in total. The molecular weight excluding hydrogens is 304 g/mol. The van der Waals surface area contributed by atoms with Crippen molar-refractivity contribution in [3.8, 4) is 5.75 Å². The maximum atomic E-state index is 9.79. The predicted molar refractivity (Wildman–Crippen MR) is 91.4 cm³/mol. The summed E-state index contributed by atoms with van der Waals surface area (Å²) in [6.07, 6.45) is 3.49. The average molecular weight is 330 g/mol. The zero-order valence-electron chi connectivity index (χ0n) is 14.4. The normalized spacial score (nSPS) is 21.3. The van der Waals surface area contributed by atoms with Crippen molar-refractivity contribution in [3.63, 3.8) is 0 Å². The molecule has 0 bridgehead atoms. The number of aliphatic hydroxyl groups is 1. The Balaban J connectivity index is 1.78. The van der Waals surface area contributed by atoms with Gasteiger partial charge in [0.1, 0.15) is 17.4 Å². The third-order valence-electron chi connectivity index (χ3n) is 5.01. The Kier molecular flexibility index (Phi) is 5.16. The number of aromatic hydroxyl groups is 1. The minimum Gasteiger partial charge on any atom is -0.508 e. The summed E-state index contributed by atoms with van der Waals surface area (Å²) < 4.78 is 2.02. The summed E-state index contributed by atoms with van der Waals surface area (Å²) in [5, 5.41) is 28.0. The van der Waals surface area contributed by atoms with Gasteiger partial charge >= 0.3 is 0 Å². The van der Waals surface area contributed by atoms with Crippen LogP contribution < -0.4 is 0 Å². The number of phenols is 1. The van der Waals surface area contributed by atoms with Gasteiger partial charge in [0.25, 0.3) is 0 Å².